The fourth-order valence-electron chi connectivity index (χ4n) is 4.23. The van der Waals surface area contributed by atoms with E-state index in [4.69, 9.17) is 28.7 Å². The van der Waals surface area contributed by atoms with E-state index in [0.717, 1.165) is 15.3 Å². The maximum atomic E-state index is 13.4. The van der Waals surface area contributed by atoms with Gasteiger partial charge in [-0.15, -0.1) is 0 Å². The Hall–Kier alpha value is -3.40. The highest BCUT2D eigenvalue weighted by Crippen LogP contribution is 2.41. The smallest absolute Gasteiger partial charge is 0.254 e. The molecule has 1 amide bonds. The van der Waals surface area contributed by atoms with Crippen molar-refractivity contribution in [3.8, 4) is 28.7 Å². The van der Waals surface area contributed by atoms with Gasteiger partial charge in [0.2, 0.25) is 5.75 Å². The van der Waals surface area contributed by atoms with Crippen LogP contribution in [0.25, 0.3) is 10.2 Å². The fraction of sp³-hybridized carbons (Fsp3) is 0.462. The number of anilines is 1. The molecule has 0 bridgehead atoms. The Labute approximate surface area is 215 Å². The van der Waals surface area contributed by atoms with E-state index in [1.807, 2.05) is 37.8 Å². The molecule has 1 aliphatic heterocycles. The average Bonchev–Trinajstić information content (AvgIpc) is 3.34. The van der Waals surface area contributed by atoms with Gasteiger partial charge in [0.05, 0.1) is 38.7 Å². The van der Waals surface area contributed by atoms with Crippen LogP contribution >= 0.6 is 11.3 Å². The third-order valence-corrected chi connectivity index (χ3v) is 6.97. The Bertz CT molecular complexity index is 1180. The number of methoxy groups -OCH3 is 2. The number of fused-ring (bicyclic) bond motifs is 1. The van der Waals surface area contributed by atoms with Crippen LogP contribution in [-0.4, -0.2) is 76.0 Å². The molecular weight excluding hydrogens is 482 g/mol. The van der Waals surface area contributed by atoms with Gasteiger partial charge in [-0.1, -0.05) is 11.3 Å². The number of hydrogen-bond acceptors (Lipinski definition) is 9. The molecular formula is C26H33N3O6S. The van der Waals surface area contributed by atoms with Gasteiger partial charge in [0, 0.05) is 31.7 Å². The molecule has 0 radical (unpaired) electrons. The second-order valence-electron chi connectivity index (χ2n) is 8.02. The number of rotatable bonds is 10. The van der Waals surface area contributed by atoms with Crippen molar-refractivity contribution in [3.05, 3.63) is 29.8 Å². The molecule has 1 aromatic heterocycles. The number of aromatic nitrogens is 1. The van der Waals surface area contributed by atoms with E-state index < -0.39 is 0 Å². The summed E-state index contributed by atoms with van der Waals surface area (Å²) in [5.41, 5.74) is 1.31. The molecule has 1 aliphatic rings. The Morgan fingerprint density at radius 2 is 1.50 bits per heavy atom. The number of hydrogen-bond donors (Lipinski definition) is 0. The summed E-state index contributed by atoms with van der Waals surface area (Å²) >= 11 is 1.61. The van der Waals surface area contributed by atoms with Crippen LogP contribution in [0.5, 0.6) is 28.7 Å². The average molecular weight is 516 g/mol. The normalized spacial score (nSPS) is 13.6. The van der Waals surface area contributed by atoms with Gasteiger partial charge in [-0.25, -0.2) is 4.98 Å². The van der Waals surface area contributed by atoms with E-state index >= 15 is 0 Å². The van der Waals surface area contributed by atoms with Crippen molar-refractivity contribution in [2.24, 2.45) is 0 Å². The third-order valence-electron chi connectivity index (χ3n) is 5.88. The minimum Gasteiger partial charge on any atom is -0.493 e. The Morgan fingerprint density at radius 3 is 2.06 bits per heavy atom. The number of amides is 1. The van der Waals surface area contributed by atoms with Crippen LogP contribution in [0.4, 0.5) is 5.13 Å². The molecule has 0 aliphatic carbocycles. The summed E-state index contributed by atoms with van der Waals surface area (Å²) < 4.78 is 29.3. The molecule has 0 saturated carbocycles. The van der Waals surface area contributed by atoms with Gasteiger partial charge in [-0.2, -0.15) is 0 Å². The van der Waals surface area contributed by atoms with Gasteiger partial charge in [0.15, 0.2) is 28.1 Å². The lowest BCUT2D eigenvalue weighted by atomic mass is 10.1. The molecule has 1 fully saturated rings. The van der Waals surface area contributed by atoms with E-state index in [9.17, 15) is 4.79 Å². The zero-order valence-electron chi connectivity index (χ0n) is 21.5. The van der Waals surface area contributed by atoms with Gasteiger partial charge >= 0.3 is 0 Å². The zero-order chi connectivity index (χ0) is 25.7. The molecule has 36 heavy (non-hydrogen) atoms. The van der Waals surface area contributed by atoms with Crippen molar-refractivity contribution in [1.29, 1.82) is 0 Å². The van der Waals surface area contributed by atoms with Crippen molar-refractivity contribution in [3.63, 3.8) is 0 Å². The summed E-state index contributed by atoms with van der Waals surface area (Å²) in [7, 11) is 3.24. The van der Waals surface area contributed by atoms with Crippen LogP contribution < -0.4 is 28.6 Å². The highest BCUT2D eigenvalue weighted by molar-refractivity contribution is 7.22. The molecule has 3 aromatic rings. The predicted molar refractivity (Wildman–Crippen MR) is 141 cm³/mol. The third kappa shape index (κ3) is 5.09. The fourth-order valence-corrected chi connectivity index (χ4v) is 5.24. The van der Waals surface area contributed by atoms with Gasteiger partial charge in [-0.05, 0) is 45.0 Å². The van der Waals surface area contributed by atoms with E-state index in [2.05, 4.69) is 4.90 Å². The first kappa shape index (κ1) is 25.7. The maximum Gasteiger partial charge on any atom is 0.254 e. The van der Waals surface area contributed by atoms with Crippen molar-refractivity contribution < 1.29 is 28.5 Å². The molecule has 0 spiro atoms. The van der Waals surface area contributed by atoms with E-state index in [1.165, 1.54) is 0 Å². The molecule has 0 unspecified atom stereocenters. The van der Waals surface area contributed by atoms with E-state index in [-0.39, 0.29) is 5.91 Å². The summed E-state index contributed by atoms with van der Waals surface area (Å²) in [5.74, 6) is 2.81. The minimum absolute atomic E-state index is 0.0599. The summed E-state index contributed by atoms with van der Waals surface area (Å²) in [6.07, 6.45) is 0. The van der Waals surface area contributed by atoms with Gasteiger partial charge in [0.25, 0.3) is 5.91 Å². The van der Waals surface area contributed by atoms with Crippen LogP contribution in [0.3, 0.4) is 0 Å². The van der Waals surface area contributed by atoms with Crippen LogP contribution in [0.2, 0.25) is 0 Å². The first-order chi connectivity index (χ1) is 17.5. The van der Waals surface area contributed by atoms with Crippen molar-refractivity contribution in [2.45, 2.75) is 20.8 Å². The first-order valence-electron chi connectivity index (χ1n) is 12.2. The highest BCUT2D eigenvalue weighted by Gasteiger charge is 2.27. The van der Waals surface area contributed by atoms with Crippen LogP contribution in [-0.2, 0) is 0 Å². The highest BCUT2D eigenvalue weighted by atomic mass is 32.1. The standard InChI is InChI=1S/C26H33N3O6S/c1-6-33-19-15-17(16-20(34-7-2)23(19)35-8-3)25(30)28-11-13-29(14-12-28)26-27-22-21(36-26)10-9-18(31-4)24(22)32-5/h9-10,15-16H,6-8,11-14H2,1-5H3. The molecule has 2 heterocycles. The van der Waals surface area contributed by atoms with Crippen LogP contribution in [0.1, 0.15) is 31.1 Å². The number of carbonyl (C=O) groups is 1. The quantitative estimate of drug-likeness (QED) is 0.391. The van der Waals surface area contributed by atoms with Gasteiger partial charge in [-0.3, -0.25) is 4.79 Å². The van der Waals surface area contributed by atoms with Crippen molar-refractivity contribution in [2.75, 3.05) is 65.1 Å². The number of piperazine rings is 1. The Balaban J connectivity index is 1.51. The second kappa shape index (κ2) is 11.6. The summed E-state index contributed by atoms with van der Waals surface area (Å²) in [4.78, 5) is 22.3. The minimum atomic E-state index is -0.0599. The van der Waals surface area contributed by atoms with Gasteiger partial charge < -0.3 is 33.5 Å². The number of nitrogens with zero attached hydrogens (tertiary/aromatic N) is 3. The van der Waals surface area contributed by atoms with Crippen molar-refractivity contribution in [1.82, 2.24) is 9.88 Å². The molecule has 2 aromatic carbocycles. The molecule has 0 atom stereocenters. The number of thiazole rings is 1. The lowest BCUT2D eigenvalue weighted by Gasteiger charge is -2.34. The molecule has 9 nitrogen and oxygen atoms in total. The summed E-state index contributed by atoms with van der Waals surface area (Å²) in [6.45, 7) is 9.61. The molecule has 10 heteroatoms. The number of benzene rings is 2. The first-order valence-corrected chi connectivity index (χ1v) is 13.0. The maximum absolute atomic E-state index is 13.4. The number of carbonyl (C=O) groups excluding carboxylic acids is 1. The molecule has 1 saturated heterocycles. The van der Waals surface area contributed by atoms with E-state index in [0.29, 0.717) is 80.3 Å². The SMILES string of the molecule is CCOc1cc(C(=O)N2CCN(c3nc4c(OC)c(OC)ccc4s3)CC2)cc(OCC)c1OCC. The second-order valence-corrected chi connectivity index (χ2v) is 9.03. The Kier molecular flexibility index (Phi) is 8.25. The van der Waals surface area contributed by atoms with Crippen LogP contribution in [0.15, 0.2) is 24.3 Å². The summed E-state index contributed by atoms with van der Waals surface area (Å²) in [6, 6.07) is 7.39. The molecule has 194 valence electrons. The molecule has 4 rings (SSSR count). The largest absolute Gasteiger partial charge is 0.493 e. The zero-order valence-corrected chi connectivity index (χ0v) is 22.3. The van der Waals surface area contributed by atoms with Gasteiger partial charge in [0.1, 0.15) is 5.52 Å². The molecule has 0 N–H and O–H groups in total. The van der Waals surface area contributed by atoms with Crippen molar-refractivity contribution >= 4 is 32.6 Å². The van der Waals surface area contributed by atoms with Crippen LogP contribution in [0, 0.1) is 0 Å². The Morgan fingerprint density at radius 1 is 0.861 bits per heavy atom. The number of ether oxygens (including phenoxy) is 5. The van der Waals surface area contributed by atoms with E-state index in [1.54, 1.807) is 37.7 Å². The summed E-state index contributed by atoms with van der Waals surface area (Å²) in [5, 5.41) is 0.905. The lowest BCUT2D eigenvalue weighted by Crippen LogP contribution is -2.48. The predicted octanol–water partition coefficient (Wildman–Crippen LogP) is 4.47. The monoisotopic (exact) mass is 515 g/mol. The lowest BCUT2D eigenvalue weighted by molar-refractivity contribution is 0.0745. The topological polar surface area (TPSA) is 82.6 Å².